The quantitative estimate of drug-likeness (QED) is 0.378. The first-order chi connectivity index (χ1) is 14.7. The number of nitro groups is 1. The number of fused-ring (bicyclic) bond motifs is 5. The number of non-ortho nitro benzene ring substituents is 1. The van der Waals surface area contributed by atoms with Gasteiger partial charge in [-0.1, -0.05) is 47.0 Å². The Morgan fingerprint density at radius 3 is 2.39 bits per heavy atom. The van der Waals surface area contributed by atoms with Gasteiger partial charge in [-0.05, 0) is 84.7 Å². The highest BCUT2D eigenvalue weighted by molar-refractivity contribution is 5.36. The molecule has 4 heteroatoms. The summed E-state index contributed by atoms with van der Waals surface area (Å²) in [6, 6.07) is 6.79. The van der Waals surface area contributed by atoms with E-state index in [1.807, 2.05) is 12.1 Å². The van der Waals surface area contributed by atoms with Gasteiger partial charge in [-0.2, -0.15) is 0 Å². The lowest BCUT2D eigenvalue weighted by Gasteiger charge is -2.65. The van der Waals surface area contributed by atoms with E-state index in [0.717, 1.165) is 23.5 Å². The zero-order chi connectivity index (χ0) is 22.0. The summed E-state index contributed by atoms with van der Waals surface area (Å²) in [7, 11) is 0. The fourth-order valence-corrected chi connectivity index (χ4v) is 9.15. The maximum Gasteiger partial charge on any atom is 0.269 e. The highest BCUT2D eigenvalue weighted by Gasteiger charge is 2.63. The van der Waals surface area contributed by atoms with E-state index in [2.05, 4.69) is 27.7 Å². The van der Waals surface area contributed by atoms with Crippen LogP contribution in [0.1, 0.15) is 79.1 Å². The van der Waals surface area contributed by atoms with Crippen LogP contribution in [0.5, 0.6) is 5.75 Å². The summed E-state index contributed by atoms with van der Waals surface area (Å²) in [4.78, 5) is 10.8. The number of hydrogen-bond donors (Lipinski definition) is 0. The van der Waals surface area contributed by atoms with Gasteiger partial charge in [0.15, 0.2) is 0 Å². The molecule has 0 aliphatic heterocycles. The van der Waals surface area contributed by atoms with E-state index < -0.39 is 0 Å². The molecule has 4 aliphatic carbocycles. The SMILES string of the molecule is CC1CCC[C@@]2(C)[C@H]1[C@H](Oc1ccc([N+](=O)[O-])cc1)[C@H](C)[C@H]1[C@@H]3CCC[C@@]3(C)CC[C@@H]12. The van der Waals surface area contributed by atoms with Crippen molar-refractivity contribution in [3.63, 3.8) is 0 Å². The van der Waals surface area contributed by atoms with Gasteiger partial charge in [-0.3, -0.25) is 10.1 Å². The van der Waals surface area contributed by atoms with Crippen LogP contribution in [0.15, 0.2) is 24.3 Å². The zero-order valence-electron chi connectivity index (χ0n) is 19.7. The van der Waals surface area contributed by atoms with Gasteiger partial charge in [0.25, 0.3) is 5.69 Å². The van der Waals surface area contributed by atoms with Crippen molar-refractivity contribution < 1.29 is 9.66 Å². The summed E-state index contributed by atoms with van der Waals surface area (Å²) in [5.74, 6) is 4.96. The monoisotopic (exact) mass is 425 g/mol. The fraction of sp³-hybridized carbons (Fsp3) is 0.778. The van der Waals surface area contributed by atoms with Crippen molar-refractivity contribution in [2.24, 2.45) is 46.3 Å². The predicted octanol–water partition coefficient (Wildman–Crippen LogP) is 7.27. The molecule has 0 spiro atoms. The molecule has 1 aromatic carbocycles. The number of nitro benzene ring substituents is 1. The molecule has 0 amide bonds. The second-order valence-corrected chi connectivity index (χ2v) is 12.0. The lowest BCUT2D eigenvalue weighted by molar-refractivity contribution is -0.384. The van der Waals surface area contributed by atoms with Crippen LogP contribution in [0.3, 0.4) is 0 Å². The standard InChI is InChI=1S/C27H39NO3/c1-17-7-5-15-27(4)22-13-16-26(3)14-6-8-21(26)23(22)18(2)25(24(17)27)31-20-11-9-19(10-12-20)28(29)30/h9-12,17-18,21-25H,5-8,13-16H2,1-4H3/t17?,18-,21+,22+,23+,24-,25-,26+,27-/m1/s1. The Bertz CT molecular complexity index is 837. The number of ether oxygens (including phenoxy) is 1. The average molecular weight is 426 g/mol. The van der Waals surface area contributed by atoms with Crippen LogP contribution in [0.25, 0.3) is 0 Å². The zero-order valence-corrected chi connectivity index (χ0v) is 19.7. The van der Waals surface area contributed by atoms with Crippen LogP contribution in [-0.4, -0.2) is 11.0 Å². The van der Waals surface area contributed by atoms with Crippen molar-refractivity contribution in [2.45, 2.75) is 85.2 Å². The molecular formula is C27H39NO3. The number of benzene rings is 1. The van der Waals surface area contributed by atoms with E-state index in [9.17, 15) is 10.1 Å². The van der Waals surface area contributed by atoms with Crippen molar-refractivity contribution in [1.29, 1.82) is 0 Å². The largest absolute Gasteiger partial charge is 0.490 e. The highest BCUT2D eigenvalue weighted by atomic mass is 16.6. The van der Waals surface area contributed by atoms with Gasteiger partial charge in [0.2, 0.25) is 0 Å². The molecule has 0 N–H and O–H groups in total. The third-order valence-corrected chi connectivity index (χ3v) is 10.5. The number of hydrogen-bond acceptors (Lipinski definition) is 3. The molecule has 31 heavy (non-hydrogen) atoms. The molecule has 170 valence electrons. The molecule has 4 fully saturated rings. The minimum Gasteiger partial charge on any atom is -0.490 e. The molecule has 1 unspecified atom stereocenters. The minimum atomic E-state index is -0.332. The Morgan fingerprint density at radius 1 is 0.968 bits per heavy atom. The van der Waals surface area contributed by atoms with Crippen LogP contribution in [0, 0.1) is 56.5 Å². The Morgan fingerprint density at radius 2 is 1.68 bits per heavy atom. The summed E-state index contributed by atoms with van der Waals surface area (Å²) in [5, 5.41) is 11.1. The van der Waals surface area contributed by atoms with Gasteiger partial charge >= 0.3 is 0 Å². The summed E-state index contributed by atoms with van der Waals surface area (Å²) in [6.07, 6.45) is 11.2. The topological polar surface area (TPSA) is 52.4 Å². The Hall–Kier alpha value is -1.58. The maximum absolute atomic E-state index is 11.1. The first-order valence-electron chi connectivity index (χ1n) is 12.7. The summed E-state index contributed by atoms with van der Waals surface area (Å²) in [6.45, 7) is 10.1. The molecule has 1 aromatic rings. The van der Waals surface area contributed by atoms with Crippen molar-refractivity contribution in [3.05, 3.63) is 34.4 Å². The van der Waals surface area contributed by atoms with E-state index in [0.29, 0.717) is 28.6 Å². The van der Waals surface area contributed by atoms with Gasteiger partial charge in [0.05, 0.1) is 4.92 Å². The molecule has 0 heterocycles. The molecule has 9 atom stereocenters. The van der Waals surface area contributed by atoms with Crippen molar-refractivity contribution in [2.75, 3.05) is 0 Å². The van der Waals surface area contributed by atoms with Gasteiger partial charge in [0, 0.05) is 18.1 Å². The van der Waals surface area contributed by atoms with E-state index in [-0.39, 0.29) is 16.7 Å². The third-order valence-electron chi connectivity index (χ3n) is 10.5. The van der Waals surface area contributed by atoms with Gasteiger partial charge in [0.1, 0.15) is 11.9 Å². The van der Waals surface area contributed by atoms with Gasteiger partial charge < -0.3 is 4.74 Å². The van der Waals surface area contributed by atoms with Crippen LogP contribution >= 0.6 is 0 Å². The first-order valence-corrected chi connectivity index (χ1v) is 12.7. The smallest absolute Gasteiger partial charge is 0.269 e. The molecule has 4 aliphatic rings. The lowest BCUT2D eigenvalue weighted by atomic mass is 9.41. The molecule has 4 nitrogen and oxygen atoms in total. The Balaban J connectivity index is 1.52. The molecule has 5 rings (SSSR count). The Kier molecular flexibility index (Phi) is 5.14. The summed E-state index contributed by atoms with van der Waals surface area (Å²) < 4.78 is 6.82. The van der Waals surface area contributed by atoms with Crippen LogP contribution in [-0.2, 0) is 0 Å². The Labute approximate surface area is 187 Å². The number of rotatable bonds is 3. The summed E-state index contributed by atoms with van der Waals surface area (Å²) >= 11 is 0. The molecular weight excluding hydrogens is 386 g/mol. The highest BCUT2D eigenvalue weighted by Crippen LogP contribution is 2.68. The van der Waals surface area contributed by atoms with Crippen LogP contribution in [0.2, 0.25) is 0 Å². The second-order valence-electron chi connectivity index (χ2n) is 12.0. The third kappa shape index (κ3) is 3.23. The van der Waals surface area contributed by atoms with E-state index in [4.69, 9.17) is 4.74 Å². The van der Waals surface area contributed by atoms with Crippen LogP contribution < -0.4 is 4.74 Å². The molecule has 4 saturated carbocycles. The normalized spacial score (nSPS) is 46.5. The molecule has 0 radical (unpaired) electrons. The van der Waals surface area contributed by atoms with Gasteiger partial charge in [-0.15, -0.1) is 0 Å². The van der Waals surface area contributed by atoms with Crippen molar-refractivity contribution in [1.82, 2.24) is 0 Å². The van der Waals surface area contributed by atoms with Crippen molar-refractivity contribution in [3.8, 4) is 5.75 Å². The maximum atomic E-state index is 11.1. The summed E-state index contributed by atoms with van der Waals surface area (Å²) in [5.41, 5.74) is 1.01. The second kappa shape index (κ2) is 7.49. The van der Waals surface area contributed by atoms with E-state index >= 15 is 0 Å². The average Bonchev–Trinajstić information content (AvgIpc) is 3.13. The fourth-order valence-electron chi connectivity index (χ4n) is 9.15. The molecule has 0 bridgehead atoms. The molecule has 0 aromatic heterocycles. The van der Waals surface area contributed by atoms with Crippen LogP contribution in [0.4, 0.5) is 5.69 Å². The number of nitrogens with zero attached hydrogens (tertiary/aromatic N) is 1. The van der Waals surface area contributed by atoms with E-state index in [1.54, 1.807) is 12.1 Å². The first kappa shape index (κ1) is 21.3. The molecule has 0 saturated heterocycles. The van der Waals surface area contributed by atoms with E-state index in [1.165, 1.54) is 51.4 Å². The van der Waals surface area contributed by atoms with Gasteiger partial charge in [-0.25, -0.2) is 0 Å². The lowest BCUT2D eigenvalue weighted by Crippen LogP contribution is -2.63. The van der Waals surface area contributed by atoms with Crippen molar-refractivity contribution >= 4 is 5.69 Å². The predicted molar refractivity (Wildman–Crippen MR) is 123 cm³/mol. The minimum absolute atomic E-state index is 0.133.